The topological polar surface area (TPSA) is 41.6 Å². The monoisotopic (exact) mass is 392 g/mol. The molecule has 2 aromatic carbocycles. The van der Waals surface area contributed by atoms with Crippen molar-refractivity contribution < 1.29 is 9.53 Å². The molecule has 1 heterocycles. The van der Waals surface area contributed by atoms with Crippen LogP contribution in [0.15, 0.2) is 42.5 Å². The van der Waals surface area contributed by atoms with Gasteiger partial charge in [0.1, 0.15) is 0 Å². The highest BCUT2D eigenvalue weighted by Crippen LogP contribution is 2.23. The smallest absolute Gasteiger partial charge is 0.251 e. The summed E-state index contributed by atoms with van der Waals surface area (Å²) in [6, 6.07) is 13.1. The number of morpholine rings is 1. The number of rotatable bonds is 5. The molecular formula is C20H22Cl2N2O2. The molecule has 4 nitrogen and oxygen atoms in total. The first-order valence-electron chi connectivity index (χ1n) is 8.65. The summed E-state index contributed by atoms with van der Waals surface area (Å²) in [4.78, 5) is 15.1. The molecule has 0 radical (unpaired) electrons. The quantitative estimate of drug-likeness (QED) is 0.832. The van der Waals surface area contributed by atoms with Crippen LogP contribution in [0, 0.1) is 6.92 Å². The van der Waals surface area contributed by atoms with E-state index < -0.39 is 0 Å². The van der Waals surface area contributed by atoms with Crippen LogP contribution in [0.2, 0.25) is 10.0 Å². The fraction of sp³-hybridized carbons (Fsp3) is 0.350. The van der Waals surface area contributed by atoms with Crippen LogP contribution in [-0.2, 0) is 4.74 Å². The predicted molar refractivity (Wildman–Crippen MR) is 105 cm³/mol. The molecule has 26 heavy (non-hydrogen) atoms. The van der Waals surface area contributed by atoms with Gasteiger partial charge in [-0.3, -0.25) is 9.69 Å². The summed E-state index contributed by atoms with van der Waals surface area (Å²) in [6.45, 7) is 5.97. The van der Waals surface area contributed by atoms with Crippen molar-refractivity contribution in [2.75, 3.05) is 32.8 Å². The Hall–Kier alpha value is -1.59. The lowest BCUT2D eigenvalue weighted by Crippen LogP contribution is -2.43. The van der Waals surface area contributed by atoms with Gasteiger partial charge in [-0.1, -0.05) is 53.0 Å². The third-order valence-corrected chi connectivity index (χ3v) is 5.25. The van der Waals surface area contributed by atoms with E-state index in [9.17, 15) is 4.79 Å². The van der Waals surface area contributed by atoms with Gasteiger partial charge >= 0.3 is 0 Å². The Labute approximate surface area is 164 Å². The predicted octanol–water partition coefficient (Wildman–Crippen LogP) is 4.11. The van der Waals surface area contributed by atoms with E-state index in [0.29, 0.717) is 15.6 Å². The van der Waals surface area contributed by atoms with E-state index in [4.69, 9.17) is 27.9 Å². The number of amides is 1. The summed E-state index contributed by atoms with van der Waals surface area (Å²) in [5, 5.41) is 3.95. The Morgan fingerprint density at radius 1 is 1.12 bits per heavy atom. The number of carbonyl (C=O) groups is 1. The Kier molecular flexibility index (Phi) is 6.54. The molecule has 1 saturated heterocycles. The molecule has 1 N–H and O–H groups in total. The van der Waals surface area contributed by atoms with Crippen molar-refractivity contribution in [3.8, 4) is 0 Å². The van der Waals surface area contributed by atoms with Gasteiger partial charge in [-0.25, -0.2) is 0 Å². The van der Waals surface area contributed by atoms with E-state index in [-0.39, 0.29) is 11.9 Å². The maximum absolute atomic E-state index is 12.7. The fourth-order valence-corrected chi connectivity index (χ4v) is 3.25. The van der Waals surface area contributed by atoms with Gasteiger partial charge in [0.15, 0.2) is 0 Å². The molecular weight excluding hydrogens is 371 g/mol. The van der Waals surface area contributed by atoms with Gasteiger partial charge in [-0.05, 0) is 30.7 Å². The zero-order chi connectivity index (χ0) is 18.5. The number of benzene rings is 2. The minimum Gasteiger partial charge on any atom is -0.379 e. The molecule has 0 unspecified atom stereocenters. The molecule has 2 aromatic rings. The molecule has 6 heteroatoms. The first-order valence-corrected chi connectivity index (χ1v) is 9.41. The second-order valence-electron chi connectivity index (χ2n) is 6.48. The summed E-state index contributed by atoms with van der Waals surface area (Å²) >= 11 is 12.0. The van der Waals surface area contributed by atoms with Crippen molar-refractivity contribution in [2.45, 2.75) is 13.0 Å². The summed E-state index contributed by atoms with van der Waals surface area (Å²) in [7, 11) is 0. The summed E-state index contributed by atoms with van der Waals surface area (Å²) < 4.78 is 5.42. The molecule has 1 fully saturated rings. The number of nitrogens with zero attached hydrogens (tertiary/aromatic N) is 1. The number of carbonyl (C=O) groups excluding carboxylic acids is 1. The molecule has 0 aliphatic carbocycles. The fourth-order valence-electron chi connectivity index (χ4n) is 2.95. The van der Waals surface area contributed by atoms with Crippen molar-refractivity contribution in [1.29, 1.82) is 0 Å². The largest absolute Gasteiger partial charge is 0.379 e. The SMILES string of the molecule is Cc1ccc([C@@H](CN2CCOCC2)NC(=O)c2ccc(Cl)c(Cl)c2)cc1. The summed E-state index contributed by atoms with van der Waals surface area (Å²) in [6.07, 6.45) is 0. The lowest BCUT2D eigenvalue weighted by molar-refractivity contribution is 0.0332. The zero-order valence-electron chi connectivity index (χ0n) is 14.7. The van der Waals surface area contributed by atoms with Gasteiger partial charge in [0.25, 0.3) is 5.91 Å². The highest BCUT2D eigenvalue weighted by atomic mass is 35.5. The van der Waals surface area contributed by atoms with Gasteiger partial charge in [0, 0.05) is 25.2 Å². The molecule has 1 amide bonds. The van der Waals surface area contributed by atoms with Gasteiger partial charge in [0.2, 0.25) is 0 Å². The van der Waals surface area contributed by atoms with E-state index in [1.54, 1.807) is 18.2 Å². The highest BCUT2D eigenvalue weighted by Gasteiger charge is 2.21. The minimum atomic E-state index is -0.164. The molecule has 1 aliphatic rings. The van der Waals surface area contributed by atoms with E-state index >= 15 is 0 Å². The second-order valence-corrected chi connectivity index (χ2v) is 7.29. The van der Waals surface area contributed by atoms with Gasteiger partial charge in [0.05, 0.1) is 29.3 Å². The zero-order valence-corrected chi connectivity index (χ0v) is 16.2. The van der Waals surface area contributed by atoms with Crippen LogP contribution in [0.4, 0.5) is 0 Å². The molecule has 138 valence electrons. The van der Waals surface area contributed by atoms with E-state index in [2.05, 4.69) is 41.4 Å². The van der Waals surface area contributed by atoms with Crippen LogP contribution in [0.5, 0.6) is 0 Å². The summed E-state index contributed by atoms with van der Waals surface area (Å²) in [5.41, 5.74) is 2.77. The second kappa shape index (κ2) is 8.87. The lowest BCUT2D eigenvalue weighted by Gasteiger charge is -2.31. The lowest BCUT2D eigenvalue weighted by atomic mass is 10.0. The van der Waals surface area contributed by atoms with Crippen molar-refractivity contribution in [3.63, 3.8) is 0 Å². The van der Waals surface area contributed by atoms with E-state index in [0.717, 1.165) is 38.4 Å². The van der Waals surface area contributed by atoms with Crippen LogP contribution in [0.25, 0.3) is 0 Å². The summed E-state index contributed by atoms with van der Waals surface area (Å²) in [5.74, 6) is -0.164. The number of aryl methyl sites for hydroxylation is 1. The van der Waals surface area contributed by atoms with Crippen molar-refractivity contribution in [1.82, 2.24) is 10.2 Å². The van der Waals surface area contributed by atoms with Crippen LogP contribution < -0.4 is 5.32 Å². The maximum atomic E-state index is 12.7. The Balaban J connectivity index is 1.78. The Morgan fingerprint density at radius 2 is 1.81 bits per heavy atom. The van der Waals surface area contributed by atoms with Crippen molar-refractivity contribution in [2.24, 2.45) is 0 Å². The highest BCUT2D eigenvalue weighted by molar-refractivity contribution is 6.42. The molecule has 0 saturated carbocycles. The third kappa shape index (κ3) is 4.98. The van der Waals surface area contributed by atoms with Gasteiger partial charge < -0.3 is 10.1 Å². The van der Waals surface area contributed by atoms with Crippen LogP contribution in [-0.4, -0.2) is 43.7 Å². The number of ether oxygens (including phenoxy) is 1. The Bertz CT molecular complexity index is 759. The normalized spacial score (nSPS) is 16.3. The van der Waals surface area contributed by atoms with Gasteiger partial charge in [-0.2, -0.15) is 0 Å². The molecule has 1 atom stereocenters. The maximum Gasteiger partial charge on any atom is 0.251 e. The standard InChI is InChI=1S/C20H22Cl2N2O2/c1-14-2-4-15(5-3-14)19(13-24-8-10-26-11-9-24)23-20(25)16-6-7-17(21)18(22)12-16/h2-7,12,19H,8-11,13H2,1H3,(H,23,25)/t19-/m1/s1. The average molecular weight is 393 g/mol. The molecule has 1 aliphatic heterocycles. The Morgan fingerprint density at radius 3 is 2.46 bits per heavy atom. The first-order chi connectivity index (χ1) is 12.5. The average Bonchev–Trinajstić information content (AvgIpc) is 2.65. The van der Waals surface area contributed by atoms with Crippen LogP contribution in [0.1, 0.15) is 27.5 Å². The van der Waals surface area contributed by atoms with E-state index in [1.165, 1.54) is 5.56 Å². The van der Waals surface area contributed by atoms with E-state index in [1.807, 2.05) is 0 Å². The number of nitrogens with one attached hydrogen (secondary N) is 1. The van der Waals surface area contributed by atoms with Crippen LogP contribution in [0.3, 0.4) is 0 Å². The molecule has 0 spiro atoms. The number of hydrogen-bond donors (Lipinski definition) is 1. The first kappa shape index (κ1) is 19.2. The molecule has 0 aromatic heterocycles. The van der Waals surface area contributed by atoms with Crippen molar-refractivity contribution in [3.05, 3.63) is 69.2 Å². The van der Waals surface area contributed by atoms with Crippen molar-refractivity contribution >= 4 is 29.1 Å². The number of hydrogen-bond acceptors (Lipinski definition) is 3. The van der Waals surface area contributed by atoms with Gasteiger partial charge in [-0.15, -0.1) is 0 Å². The molecule has 0 bridgehead atoms. The van der Waals surface area contributed by atoms with Crippen LogP contribution >= 0.6 is 23.2 Å². The third-order valence-electron chi connectivity index (χ3n) is 4.51. The minimum absolute atomic E-state index is 0.115. The molecule has 3 rings (SSSR count). The number of halogens is 2.